The van der Waals surface area contributed by atoms with Crippen LogP contribution in [0.1, 0.15) is 6.42 Å². The van der Waals surface area contributed by atoms with Gasteiger partial charge in [-0.2, -0.15) is 5.26 Å². The molecule has 1 aromatic carbocycles. The predicted octanol–water partition coefficient (Wildman–Crippen LogP) is 3.11. The monoisotopic (exact) mass is 367 g/mol. The third-order valence-electron chi connectivity index (χ3n) is 1.98. The van der Waals surface area contributed by atoms with Gasteiger partial charge in [0, 0.05) is 0 Å². The number of amides is 1. The lowest BCUT2D eigenvalue weighted by Crippen LogP contribution is -2.18. The van der Waals surface area contributed by atoms with Crippen LogP contribution in [0.15, 0.2) is 16.6 Å². The number of alkyl halides is 3. The number of ether oxygens (including phenoxy) is 1. The summed E-state index contributed by atoms with van der Waals surface area (Å²) in [5.41, 5.74) is -1.18. The molecule has 0 aliphatic rings. The second kappa shape index (κ2) is 6.40. The summed E-state index contributed by atoms with van der Waals surface area (Å²) in [6.45, 7) is 0. The van der Waals surface area contributed by atoms with E-state index in [-0.39, 0.29) is 10.2 Å². The molecular formula is C10H5BrF3N3O4. The smallest absolute Gasteiger partial charge is 0.405 e. The highest BCUT2D eigenvalue weighted by Crippen LogP contribution is 2.38. The number of anilines is 1. The van der Waals surface area contributed by atoms with Crippen molar-refractivity contribution >= 4 is 33.2 Å². The van der Waals surface area contributed by atoms with Crippen molar-refractivity contribution in [2.45, 2.75) is 12.8 Å². The summed E-state index contributed by atoms with van der Waals surface area (Å²) in [4.78, 5) is 21.1. The highest BCUT2D eigenvalue weighted by Gasteiger charge is 2.33. The number of nitrogens with one attached hydrogen (secondary N) is 1. The standard InChI is InChI=1S/C10H5BrF3N3O4/c11-6-3-5(21-10(12,13)14)4-7(17(19)20)9(6)16-8(18)1-2-15/h3-4H,1H2,(H,16,18). The Morgan fingerprint density at radius 1 is 1.52 bits per heavy atom. The zero-order chi connectivity index (χ0) is 16.2. The van der Waals surface area contributed by atoms with Crippen molar-refractivity contribution in [1.29, 1.82) is 5.26 Å². The molecule has 1 aromatic rings. The van der Waals surface area contributed by atoms with Crippen LogP contribution in [0.25, 0.3) is 0 Å². The average Bonchev–Trinajstić information content (AvgIpc) is 2.30. The van der Waals surface area contributed by atoms with Gasteiger partial charge in [-0.05, 0) is 22.0 Å². The van der Waals surface area contributed by atoms with Gasteiger partial charge < -0.3 is 10.1 Å². The third-order valence-corrected chi connectivity index (χ3v) is 2.60. The van der Waals surface area contributed by atoms with E-state index in [0.717, 1.165) is 6.07 Å². The van der Waals surface area contributed by atoms with Crippen LogP contribution in [0.4, 0.5) is 24.5 Å². The molecule has 0 bridgehead atoms. The number of nitro groups is 1. The van der Waals surface area contributed by atoms with Crippen LogP contribution in [0.2, 0.25) is 0 Å². The van der Waals surface area contributed by atoms with Crippen LogP contribution >= 0.6 is 15.9 Å². The van der Waals surface area contributed by atoms with Crippen LogP contribution in [-0.4, -0.2) is 17.2 Å². The molecule has 7 nitrogen and oxygen atoms in total. The van der Waals surface area contributed by atoms with Crippen molar-refractivity contribution in [3.8, 4) is 11.8 Å². The molecule has 0 saturated heterocycles. The molecular weight excluding hydrogens is 363 g/mol. The fourth-order valence-corrected chi connectivity index (χ4v) is 1.81. The highest BCUT2D eigenvalue weighted by atomic mass is 79.9. The lowest BCUT2D eigenvalue weighted by atomic mass is 10.2. The molecule has 0 aromatic heterocycles. The molecule has 0 fully saturated rings. The summed E-state index contributed by atoms with van der Waals surface area (Å²) >= 11 is 2.80. The van der Waals surface area contributed by atoms with E-state index in [1.54, 1.807) is 0 Å². The normalized spacial score (nSPS) is 10.6. The van der Waals surface area contributed by atoms with Crippen molar-refractivity contribution < 1.29 is 27.6 Å². The van der Waals surface area contributed by atoms with Crippen LogP contribution in [0.5, 0.6) is 5.75 Å². The SMILES string of the molecule is N#CCC(=O)Nc1c(Br)cc(OC(F)(F)F)cc1[N+](=O)[O-]. The first kappa shape index (κ1) is 16.7. The van der Waals surface area contributed by atoms with Crippen LogP contribution < -0.4 is 10.1 Å². The van der Waals surface area contributed by atoms with Gasteiger partial charge >= 0.3 is 6.36 Å². The second-order valence-electron chi connectivity index (χ2n) is 3.49. The van der Waals surface area contributed by atoms with Crippen molar-refractivity contribution in [1.82, 2.24) is 0 Å². The van der Waals surface area contributed by atoms with Gasteiger partial charge in [-0.3, -0.25) is 14.9 Å². The maximum absolute atomic E-state index is 12.1. The molecule has 1 N–H and O–H groups in total. The predicted molar refractivity (Wildman–Crippen MR) is 66.3 cm³/mol. The number of hydrogen-bond acceptors (Lipinski definition) is 5. The average molecular weight is 368 g/mol. The van der Waals surface area contributed by atoms with Crippen molar-refractivity contribution in [3.05, 3.63) is 26.7 Å². The number of carbonyl (C=O) groups is 1. The minimum atomic E-state index is -5.01. The van der Waals surface area contributed by atoms with Gasteiger partial charge in [0.05, 0.1) is 21.5 Å². The van der Waals surface area contributed by atoms with E-state index in [1.165, 1.54) is 6.07 Å². The van der Waals surface area contributed by atoms with E-state index in [4.69, 9.17) is 5.26 Å². The largest absolute Gasteiger partial charge is 0.573 e. The number of halogens is 4. The minimum Gasteiger partial charge on any atom is -0.405 e. The quantitative estimate of drug-likeness (QED) is 0.650. The van der Waals surface area contributed by atoms with Crippen molar-refractivity contribution in [3.63, 3.8) is 0 Å². The van der Waals surface area contributed by atoms with E-state index >= 15 is 0 Å². The summed E-state index contributed by atoms with van der Waals surface area (Å²) in [5.74, 6) is -1.66. The summed E-state index contributed by atoms with van der Waals surface area (Å²) in [7, 11) is 0. The number of nitrogens with zero attached hydrogens (tertiary/aromatic N) is 2. The van der Waals surface area contributed by atoms with E-state index in [9.17, 15) is 28.1 Å². The number of carbonyl (C=O) groups excluding carboxylic acids is 1. The number of benzene rings is 1. The Morgan fingerprint density at radius 3 is 2.62 bits per heavy atom. The Morgan fingerprint density at radius 2 is 2.14 bits per heavy atom. The summed E-state index contributed by atoms with van der Waals surface area (Å²) in [5, 5.41) is 21.3. The Bertz CT molecular complexity index is 627. The molecule has 0 spiro atoms. The van der Waals surface area contributed by atoms with Gasteiger partial charge in [0.15, 0.2) is 0 Å². The van der Waals surface area contributed by atoms with E-state index in [1.807, 2.05) is 0 Å². The molecule has 0 unspecified atom stereocenters. The molecule has 0 atom stereocenters. The summed E-state index contributed by atoms with van der Waals surface area (Å²) < 4.78 is 39.7. The summed E-state index contributed by atoms with van der Waals surface area (Å²) in [6.07, 6.45) is -5.58. The highest BCUT2D eigenvalue weighted by molar-refractivity contribution is 9.10. The Kier molecular flexibility index (Phi) is 5.09. The van der Waals surface area contributed by atoms with Gasteiger partial charge in [0.25, 0.3) is 5.69 Å². The summed E-state index contributed by atoms with van der Waals surface area (Å²) in [6, 6.07) is 2.85. The molecule has 0 aliphatic heterocycles. The zero-order valence-electron chi connectivity index (χ0n) is 9.90. The second-order valence-corrected chi connectivity index (χ2v) is 4.34. The van der Waals surface area contributed by atoms with Gasteiger partial charge in [0.2, 0.25) is 5.91 Å². The van der Waals surface area contributed by atoms with Gasteiger partial charge in [-0.1, -0.05) is 0 Å². The number of nitriles is 1. The number of hydrogen-bond donors (Lipinski definition) is 1. The molecule has 1 amide bonds. The molecule has 11 heteroatoms. The first-order valence-electron chi connectivity index (χ1n) is 5.04. The Labute approximate surface area is 123 Å². The van der Waals surface area contributed by atoms with Gasteiger partial charge in [-0.15, -0.1) is 13.2 Å². The van der Waals surface area contributed by atoms with E-state index in [2.05, 4.69) is 26.0 Å². The number of nitro benzene ring substituents is 1. The maximum atomic E-state index is 12.1. The molecule has 0 radical (unpaired) electrons. The molecule has 21 heavy (non-hydrogen) atoms. The zero-order valence-corrected chi connectivity index (χ0v) is 11.5. The number of rotatable bonds is 4. The van der Waals surface area contributed by atoms with Crippen LogP contribution in [0.3, 0.4) is 0 Å². The molecule has 0 aliphatic carbocycles. The molecule has 0 heterocycles. The Balaban J connectivity index is 3.23. The lowest BCUT2D eigenvalue weighted by molar-refractivity contribution is -0.384. The molecule has 0 saturated carbocycles. The molecule has 112 valence electrons. The van der Waals surface area contributed by atoms with Crippen LogP contribution in [0, 0.1) is 21.4 Å². The molecule has 1 rings (SSSR count). The van der Waals surface area contributed by atoms with Gasteiger partial charge in [0.1, 0.15) is 17.9 Å². The lowest BCUT2D eigenvalue weighted by Gasteiger charge is -2.12. The van der Waals surface area contributed by atoms with Crippen molar-refractivity contribution in [2.75, 3.05) is 5.32 Å². The topological polar surface area (TPSA) is 105 Å². The Hall–Kier alpha value is -2.35. The minimum absolute atomic E-state index is 0.192. The maximum Gasteiger partial charge on any atom is 0.573 e. The third kappa shape index (κ3) is 4.92. The van der Waals surface area contributed by atoms with Crippen molar-refractivity contribution in [2.24, 2.45) is 0 Å². The first-order valence-corrected chi connectivity index (χ1v) is 5.84. The first-order chi connectivity index (χ1) is 9.64. The fourth-order valence-electron chi connectivity index (χ4n) is 1.28. The van der Waals surface area contributed by atoms with Crippen LogP contribution in [-0.2, 0) is 4.79 Å². The fraction of sp³-hybridized carbons (Fsp3) is 0.200. The van der Waals surface area contributed by atoms with E-state index < -0.39 is 35.1 Å². The van der Waals surface area contributed by atoms with E-state index in [0.29, 0.717) is 6.07 Å². The van der Waals surface area contributed by atoms with Gasteiger partial charge in [-0.25, -0.2) is 0 Å².